The third kappa shape index (κ3) is 9.38. The molecule has 216 valence electrons. The summed E-state index contributed by atoms with van der Waals surface area (Å²) >= 11 is 0. The van der Waals surface area contributed by atoms with Gasteiger partial charge in [0.25, 0.3) is 0 Å². The number of hydrogen-bond acceptors (Lipinski definition) is 3. The highest BCUT2D eigenvalue weighted by atomic mass is 19.4. The lowest BCUT2D eigenvalue weighted by Gasteiger charge is -2.24. The number of carboxylic acids is 1. The van der Waals surface area contributed by atoms with Crippen LogP contribution in [0.4, 0.5) is 26.3 Å². The van der Waals surface area contributed by atoms with E-state index < -0.39 is 29.4 Å². The molecule has 0 saturated carbocycles. The molecular weight excluding hydrogens is 534 g/mol. The summed E-state index contributed by atoms with van der Waals surface area (Å²) in [6, 6.07) is 15.8. The maximum absolute atomic E-state index is 13.4. The van der Waals surface area contributed by atoms with Crippen molar-refractivity contribution >= 4 is 5.97 Å². The van der Waals surface area contributed by atoms with Gasteiger partial charge < -0.3 is 10.4 Å². The van der Waals surface area contributed by atoms with Gasteiger partial charge in [-0.05, 0) is 71.5 Å². The lowest BCUT2D eigenvalue weighted by Crippen LogP contribution is -2.27. The Morgan fingerprint density at radius 2 is 1.32 bits per heavy atom. The van der Waals surface area contributed by atoms with Gasteiger partial charge in [0.15, 0.2) is 0 Å². The summed E-state index contributed by atoms with van der Waals surface area (Å²) in [7, 11) is 0. The van der Waals surface area contributed by atoms with Crippen LogP contribution in [0.2, 0.25) is 0 Å². The van der Waals surface area contributed by atoms with Crippen LogP contribution in [0.1, 0.15) is 69.9 Å². The van der Waals surface area contributed by atoms with E-state index in [0.717, 1.165) is 17.7 Å². The third-order valence-corrected chi connectivity index (χ3v) is 6.46. The van der Waals surface area contributed by atoms with Crippen LogP contribution in [-0.2, 0) is 32.0 Å². The van der Waals surface area contributed by atoms with Gasteiger partial charge in [-0.15, -0.1) is 0 Å². The summed E-state index contributed by atoms with van der Waals surface area (Å²) in [6.45, 7) is 5.89. The fourth-order valence-electron chi connectivity index (χ4n) is 4.27. The van der Waals surface area contributed by atoms with E-state index in [9.17, 15) is 31.1 Å². The van der Waals surface area contributed by atoms with Crippen LogP contribution in [-0.4, -0.2) is 29.1 Å². The molecule has 4 nitrogen and oxygen atoms in total. The van der Waals surface area contributed by atoms with Crippen molar-refractivity contribution in [1.82, 2.24) is 10.2 Å². The average Bonchev–Trinajstić information content (AvgIpc) is 2.87. The molecular formula is C30H32F6N2O2. The van der Waals surface area contributed by atoms with Gasteiger partial charge in [0, 0.05) is 26.2 Å². The number of rotatable bonds is 12. The van der Waals surface area contributed by atoms with Crippen molar-refractivity contribution in [2.45, 2.75) is 58.2 Å². The first-order chi connectivity index (χ1) is 18.7. The molecule has 0 heterocycles. The van der Waals surface area contributed by atoms with Gasteiger partial charge in [-0.25, -0.2) is 4.79 Å². The van der Waals surface area contributed by atoms with Crippen molar-refractivity contribution in [3.05, 3.63) is 106 Å². The van der Waals surface area contributed by atoms with E-state index in [0.29, 0.717) is 37.5 Å². The molecule has 0 aliphatic heterocycles. The number of carbonyl (C=O) groups is 1. The number of nitrogens with one attached hydrogen (secondary N) is 1. The van der Waals surface area contributed by atoms with Crippen molar-refractivity contribution in [2.24, 2.45) is 0 Å². The van der Waals surface area contributed by atoms with Crippen LogP contribution in [0.3, 0.4) is 0 Å². The Morgan fingerprint density at radius 3 is 1.82 bits per heavy atom. The van der Waals surface area contributed by atoms with Gasteiger partial charge >= 0.3 is 18.3 Å². The van der Waals surface area contributed by atoms with E-state index in [-0.39, 0.29) is 30.3 Å². The quantitative estimate of drug-likeness (QED) is 0.174. The van der Waals surface area contributed by atoms with Crippen LogP contribution in [0, 0.1) is 0 Å². The smallest absolute Gasteiger partial charge is 0.416 e. The Kier molecular flexibility index (Phi) is 10.4. The number of alkyl halides is 6. The van der Waals surface area contributed by atoms with E-state index in [1.165, 1.54) is 17.7 Å². The highest BCUT2D eigenvalue weighted by molar-refractivity contribution is 5.87. The zero-order chi connectivity index (χ0) is 29.5. The molecule has 0 aliphatic rings. The minimum Gasteiger partial charge on any atom is -0.478 e. The number of halogens is 6. The van der Waals surface area contributed by atoms with Gasteiger partial charge in [-0.2, -0.15) is 26.3 Å². The van der Waals surface area contributed by atoms with Crippen LogP contribution in [0.25, 0.3) is 0 Å². The Bertz CT molecular complexity index is 1220. The first-order valence-electron chi connectivity index (χ1n) is 12.8. The fraction of sp³-hybridized carbons (Fsp3) is 0.367. The Hall–Kier alpha value is -3.37. The van der Waals surface area contributed by atoms with Gasteiger partial charge in [-0.3, -0.25) is 4.90 Å². The number of hydrogen-bond donors (Lipinski definition) is 2. The summed E-state index contributed by atoms with van der Waals surface area (Å²) in [6.07, 6.45) is -9.27. The molecule has 3 rings (SSSR count). The van der Waals surface area contributed by atoms with Crippen molar-refractivity contribution in [3.63, 3.8) is 0 Å². The zero-order valence-electron chi connectivity index (χ0n) is 22.2. The Labute approximate surface area is 229 Å². The normalized spacial score (nSPS) is 12.3. The molecule has 0 saturated heterocycles. The maximum atomic E-state index is 13.4. The molecule has 0 radical (unpaired) electrons. The summed E-state index contributed by atoms with van der Waals surface area (Å²) in [5.74, 6) is -0.672. The molecule has 0 atom stereocenters. The maximum Gasteiger partial charge on any atom is 0.416 e. The second-order valence-corrected chi connectivity index (χ2v) is 10.1. The molecule has 0 aliphatic carbocycles. The molecule has 10 heteroatoms. The van der Waals surface area contributed by atoms with Crippen molar-refractivity contribution in [2.75, 3.05) is 13.1 Å². The van der Waals surface area contributed by atoms with E-state index in [1.54, 1.807) is 17.0 Å². The summed E-state index contributed by atoms with van der Waals surface area (Å²) in [5.41, 5.74) is 0.284. The third-order valence-electron chi connectivity index (χ3n) is 6.46. The summed E-state index contributed by atoms with van der Waals surface area (Å²) in [4.78, 5) is 12.9. The highest BCUT2D eigenvalue weighted by Gasteiger charge is 2.37. The van der Waals surface area contributed by atoms with Crippen molar-refractivity contribution < 1.29 is 36.2 Å². The minimum atomic E-state index is -4.93. The van der Waals surface area contributed by atoms with Crippen LogP contribution >= 0.6 is 0 Å². The number of benzene rings is 3. The van der Waals surface area contributed by atoms with Crippen LogP contribution < -0.4 is 5.32 Å². The average molecular weight is 567 g/mol. The summed E-state index contributed by atoms with van der Waals surface area (Å²) < 4.78 is 80.3. The zero-order valence-corrected chi connectivity index (χ0v) is 22.2. The Morgan fingerprint density at radius 1 is 0.800 bits per heavy atom. The van der Waals surface area contributed by atoms with Crippen LogP contribution in [0.5, 0.6) is 0 Å². The topological polar surface area (TPSA) is 52.6 Å². The first kappa shape index (κ1) is 31.2. The molecule has 0 bridgehead atoms. The SMILES string of the molecule is CC(C)c1ccc(CNCCCN(Cc2ccc(C(=O)O)cc2)Cc2cc(C(F)(F)F)cc(C(F)(F)F)c2)cc1. The summed E-state index contributed by atoms with van der Waals surface area (Å²) in [5, 5.41) is 12.4. The second-order valence-electron chi connectivity index (χ2n) is 10.1. The van der Waals surface area contributed by atoms with E-state index in [4.69, 9.17) is 5.11 Å². The van der Waals surface area contributed by atoms with Gasteiger partial charge in [0.2, 0.25) is 0 Å². The van der Waals surface area contributed by atoms with E-state index >= 15 is 0 Å². The predicted molar refractivity (Wildman–Crippen MR) is 141 cm³/mol. The molecule has 0 spiro atoms. The second kappa shape index (κ2) is 13.3. The monoisotopic (exact) mass is 566 g/mol. The van der Waals surface area contributed by atoms with Crippen molar-refractivity contribution in [3.8, 4) is 0 Å². The highest BCUT2D eigenvalue weighted by Crippen LogP contribution is 2.36. The largest absolute Gasteiger partial charge is 0.478 e. The predicted octanol–water partition coefficient (Wildman–Crippen LogP) is 7.73. The number of aromatic carboxylic acids is 1. The van der Waals surface area contributed by atoms with Crippen molar-refractivity contribution in [1.29, 1.82) is 0 Å². The fourth-order valence-corrected chi connectivity index (χ4v) is 4.27. The van der Waals surface area contributed by atoms with Gasteiger partial charge in [-0.1, -0.05) is 50.2 Å². The molecule has 0 unspecified atom stereocenters. The number of carboxylic acid groups (broad SMARTS) is 1. The molecule has 3 aromatic rings. The lowest BCUT2D eigenvalue weighted by atomic mass is 10.0. The van der Waals surface area contributed by atoms with E-state index in [2.05, 4.69) is 31.3 Å². The lowest BCUT2D eigenvalue weighted by molar-refractivity contribution is -0.143. The molecule has 3 aromatic carbocycles. The van der Waals surface area contributed by atoms with E-state index in [1.807, 2.05) is 12.1 Å². The molecule has 40 heavy (non-hydrogen) atoms. The van der Waals surface area contributed by atoms with Gasteiger partial charge in [0.1, 0.15) is 0 Å². The first-order valence-corrected chi connectivity index (χ1v) is 12.8. The molecule has 0 aromatic heterocycles. The Balaban J connectivity index is 1.72. The van der Waals surface area contributed by atoms with Gasteiger partial charge in [0.05, 0.1) is 16.7 Å². The minimum absolute atomic E-state index is 0.0774. The molecule has 0 amide bonds. The van der Waals surface area contributed by atoms with Crippen LogP contribution in [0.15, 0.2) is 66.7 Å². The molecule has 2 N–H and O–H groups in total. The number of nitrogens with zero attached hydrogens (tertiary/aromatic N) is 1. The standard InChI is InChI=1S/C30H32F6N2O2/c1-20(2)24-8-4-21(5-9-24)17-37-12-3-13-38(18-22-6-10-25(11-7-22)28(39)40)19-23-14-26(29(31,32)33)16-27(15-23)30(34,35)36/h4-11,14-16,20,37H,3,12-13,17-19H2,1-2H3,(H,39,40). The molecule has 0 fully saturated rings.